The van der Waals surface area contributed by atoms with E-state index in [2.05, 4.69) is 0 Å². The quantitative estimate of drug-likeness (QED) is 0.285. The molecule has 3 rings (SSSR count). The topological polar surface area (TPSA) is 23.6 Å². The molecule has 1 fully saturated rings. The Kier molecular flexibility index (Phi) is 6.87. The number of carbonyl (C=O) groups excluding carboxylic acids is 1. The van der Waals surface area contributed by atoms with Gasteiger partial charge in [0.15, 0.2) is 0 Å². The van der Waals surface area contributed by atoms with Crippen molar-refractivity contribution in [2.45, 2.75) is 24.7 Å². The molecule has 3 nitrogen and oxygen atoms in total. The van der Waals surface area contributed by atoms with Crippen LogP contribution in [0.15, 0.2) is 36.4 Å². The molecule has 1 aliphatic heterocycles. The fourth-order valence-electron chi connectivity index (χ4n) is 3.74. The number of likely N-dealkylation sites (N-methyl/N-ethyl adjacent to an activating group) is 1. The molecule has 2 aromatic carbocycles. The summed E-state index contributed by atoms with van der Waals surface area (Å²) in [5, 5.41) is 0.168. The number of benzene rings is 2. The van der Waals surface area contributed by atoms with E-state index in [4.69, 9.17) is 34.8 Å². The second-order valence-electron chi connectivity index (χ2n) is 7.23. The maximum absolute atomic E-state index is 13.9. The van der Waals surface area contributed by atoms with Crippen LogP contribution in [0.25, 0.3) is 0 Å². The highest BCUT2D eigenvalue weighted by atomic mass is 35.5. The Morgan fingerprint density at radius 2 is 1.83 bits per heavy atom. The first-order chi connectivity index (χ1) is 14.0. The van der Waals surface area contributed by atoms with Crippen LogP contribution in [-0.2, 0) is 12.7 Å². The minimum atomic E-state index is -4.75. The monoisotopic (exact) mass is 482 g/mol. The van der Waals surface area contributed by atoms with Gasteiger partial charge in [-0.3, -0.25) is 9.69 Å². The Morgan fingerprint density at radius 1 is 1.13 bits per heavy atom. The first kappa shape index (κ1) is 23.1. The van der Waals surface area contributed by atoms with Gasteiger partial charge in [0.25, 0.3) is 0 Å². The molecule has 0 spiro atoms. The molecular weight excluding hydrogens is 467 g/mol. The molecule has 1 aliphatic rings. The third-order valence-electron chi connectivity index (χ3n) is 5.25. The minimum absolute atomic E-state index is 0.160. The van der Waals surface area contributed by atoms with Gasteiger partial charge in [-0.1, -0.05) is 35.3 Å². The van der Waals surface area contributed by atoms with Gasteiger partial charge in [0.2, 0.25) is 0 Å². The molecule has 1 saturated heterocycles. The lowest BCUT2D eigenvalue weighted by Gasteiger charge is -2.29. The molecule has 30 heavy (non-hydrogen) atoms. The Morgan fingerprint density at radius 3 is 2.40 bits per heavy atom. The molecule has 0 N–H and O–H groups in total. The Hall–Kier alpha value is -1.54. The van der Waals surface area contributed by atoms with E-state index in [9.17, 15) is 22.4 Å². The van der Waals surface area contributed by atoms with Crippen molar-refractivity contribution in [2.24, 2.45) is 0 Å². The van der Waals surface area contributed by atoms with E-state index in [-0.39, 0.29) is 18.5 Å². The SMILES string of the molecule is CN(Cc1ccc(C(F)(F)F)c(F)c1)C1CN(C(=O)Cl)CC1c1ccc(Cl)c(Cl)c1. The summed E-state index contributed by atoms with van der Waals surface area (Å²) in [6.45, 7) is 0.839. The predicted molar refractivity (Wildman–Crippen MR) is 109 cm³/mol. The zero-order valence-electron chi connectivity index (χ0n) is 15.7. The molecule has 2 unspecified atom stereocenters. The van der Waals surface area contributed by atoms with Gasteiger partial charge < -0.3 is 4.90 Å². The standard InChI is InChI=1S/C20H17Cl3F4N2O/c1-28(8-11-2-4-14(17(24)6-11)20(25,26)27)18-10-29(19(23)30)9-13(18)12-3-5-15(21)16(22)7-12/h2-7,13,18H,8-10H2,1H3. The van der Waals surface area contributed by atoms with Gasteiger partial charge in [-0.2, -0.15) is 13.2 Å². The summed E-state index contributed by atoms with van der Waals surface area (Å²) in [5.74, 6) is -1.48. The summed E-state index contributed by atoms with van der Waals surface area (Å²) < 4.78 is 52.3. The molecule has 2 atom stereocenters. The van der Waals surface area contributed by atoms with E-state index in [1.807, 2.05) is 4.90 Å². The van der Waals surface area contributed by atoms with Crippen molar-refractivity contribution in [3.8, 4) is 0 Å². The zero-order valence-corrected chi connectivity index (χ0v) is 18.0. The fraction of sp³-hybridized carbons (Fsp3) is 0.350. The smallest absolute Gasteiger partial charge is 0.327 e. The van der Waals surface area contributed by atoms with Crippen LogP contribution in [0, 0.1) is 5.82 Å². The third kappa shape index (κ3) is 5.02. The van der Waals surface area contributed by atoms with E-state index >= 15 is 0 Å². The average Bonchev–Trinajstić information content (AvgIpc) is 3.09. The molecule has 1 heterocycles. The van der Waals surface area contributed by atoms with Crippen molar-refractivity contribution in [1.82, 2.24) is 9.80 Å². The number of hydrogen-bond acceptors (Lipinski definition) is 2. The van der Waals surface area contributed by atoms with Crippen LogP contribution in [0.1, 0.15) is 22.6 Å². The first-order valence-corrected chi connectivity index (χ1v) is 10.1. The summed E-state index contributed by atoms with van der Waals surface area (Å²) in [7, 11) is 1.76. The van der Waals surface area contributed by atoms with Gasteiger partial charge in [-0.15, -0.1) is 0 Å². The van der Waals surface area contributed by atoms with Crippen LogP contribution in [0.4, 0.5) is 22.4 Å². The van der Waals surface area contributed by atoms with Crippen molar-refractivity contribution in [2.75, 3.05) is 20.1 Å². The number of halogens is 7. The van der Waals surface area contributed by atoms with Crippen LogP contribution in [-0.4, -0.2) is 41.3 Å². The van der Waals surface area contributed by atoms with Gasteiger partial charge in [0, 0.05) is 31.6 Å². The summed E-state index contributed by atoms with van der Waals surface area (Å²) in [4.78, 5) is 15.0. The highest BCUT2D eigenvalue weighted by molar-refractivity contribution is 6.62. The molecule has 0 bridgehead atoms. The number of rotatable bonds is 4. The lowest BCUT2D eigenvalue weighted by molar-refractivity contribution is -0.140. The van der Waals surface area contributed by atoms with E-state index in [1.165, 1.54) is 11.0 Å². The maximum Gasteiger partial charge on any atom is 0.419 e. The van der Waals surface area contributed by atoms with Crippen LogP contribution in [0.3, 0.4) is 0 Å². The predicted octanol–water partition coefficient (Wildman–Crippen LogP) is 6.41. The highest BCUT2D eigenvalue weighted by Gasteiger charge is 2.38. The first-order valence-electron chi connectivity index (χ1n) is 8.92. The largest absolute Gasteiger partial charge is 0.419 e. The second kappa shape index (κ2) is 8.91. The Bertz CT molecular complexity index is 954. The molecule has 0 aromatic heterocycles. The van der Waals surface area contributed by atoms with Gasteiger partial charge in [-0.25, -0.2) is 4.39 Å². The normalized spacial score (nSPS) is 19.6. The van der Waals surface area contributed by atoms with Crippen LogP contribution < -0.4 is 0 Å². The van der Waals surface area contributed by atoms with Gasteiger partial charge in [0.05, 0.1) is 15.6 Å². The van der Waals surface area contributed by atoms with E-state index in [0.717, 1.165) is 17.7 Å². The summed E-state index contributed by atoms with van der Waals surface area (Å²) in [6, 6.07) is 7.83. The molecule has 162 valence electrons. The molecular formula is C20H17Cl3F4N2O. The molecule has 0 radical (unpaired) electrons. The van der Waals surface area contributed by atoms with Crippen molar-refractivity contribution in [3.63, 3.8) is 0 Å². The van der Waals surface area contributed by atoms with E-state index in [1.54, 1.807) is 25.2 Å². The molecule has 0 aliphatic carbocycles. The van der Waals surface area contributed by atoms with Crippen molar-refractivity contribution in [3.05, 3.63) is 69.0 Å². The Balaban J connectivity index is 1.84. The number of amides is 1. The molecule has 1 amide bonds. The van der Waals surface area contributed by atoms with Crippen molar-refractivity contribution < 1.29 is 22.4 Å². The van der Waals surface area contributed by atoms with Gasteiger partial charge >= 0.3 is 11.5 Å². The minimum Gasteiger partial charge on any atom is -0.327 e. The number of carbonyl (C=O) groups is 1. The Labute approximate surface area is 186 Å². The van der Waals surface area contributed by atoms with Crippen LogP contribution in [0.2, 0.25) is 10.0 Å². The number of hydrogen-bond donors (Lipinski definition) is 0. The van der Waals surface area contributed by atoms with E-state index in [0.29, 0.717) is 28.7 Å². The van der Waals surface area contributed by atoms with Crippen molar-refractivity contribution >= 4 is 40.2 Å². The number of alkyl halides is 3. The zero-order chi connectivity index (χ0) is 22.2. The number of likely N-dealkylation sites (tertiary alicyclic amines) is 1. The summed E-state index contributed by atoms with van der Waals surface area (Å²) >= 11 is 17.8. The maximum atomic E-state index is 13.9. The number of nitrogens with zero attached hydrogens (tertiary/aromatic N) is 2. The van der Waals surface area contributed by atoms with Crippen molar-refractivity contribution in [1.29, 1.82) is 0 Å². The highest BCUT2D eigenvalue weighted by Crippen LogP contribution is 2.36. The van der Waals surface area contributed by atoms with Gasteiger partial charge in [-0.05, 0) is 54.0 Å². The molecule has 0 saturated carbocycles. The average molecular weight is 484 g/mol. The fourth-order valence-corrected chi connectivity index (χ4v) is 4.18. The van der Waals surface area contributed by atoms with Crippen LogP contribution >= 0.6 is 34.8 Å². The lowest BCUT2D eigenvalue weighted by Crippen LogP contribution is -2.37. The molecule has 2 aromatic rings. The summed E-state index contributed by atoms with van der Waals surface area (Å²) in [6.07, 6.45) is -4.75. The van der Waals surface area contributed by atoms with E-state index < -0.39 is 22.9 Å². The third-order valence-corrected chi connectivity index (χ3v) is 6.22. The van der Waals surface area contributed by atoms with Gasteiger partial charge in [0.1, 0.15) is 5.82 Å². The lowest BCUT2D eigenvalue weighted by atomic mass is 9.93. The second-order valence-corrected chi connectivity index (χ2v) is 8.37. The molecule has 10 heteroatoms. The summed E-state index contributed by atoms with van der Waals surface area (Å²) in [5.41, 5.74) is -0.0748. The van der Waals surface area contributed by atoms with Crippen LogP contribution in [0.5, 0.6) is 0 Å².